The minimum Gasteiger partial charge on any atom is -0.370 e. The van der Waals surface area contributed by atoms with Crippen molar-refractivity contribution in [2.75, 3.05) is 33.3 Å². The smallest absolute Gasteiger partial charge is 0.193 e. The Morgan fingerprint density at radius 3 is 2.81 bits per heavy atom. The summed E-state index contributed by atoms with van der Waals surface area (Å²) in [5.41, 5.74) is 3.62. The SMILES string of the molecule is CN=C(NCCc1ccccn1)N1CCOC(c2ccccc2C)C1.I. The number of aryl methyl sites for hydroxylation is 1. The average molecular weight is 466 g/mol. The van der Waals surface area contributed by atoms with Crippen LogP contribution < -0.4 is 5.32 Å². The van der Waals surface area contributed by atoms with E-state index < -0.39 is 0 Å². The molecular formula is C20H27IN4O. The second kappa shape index (κ2) is 10.5. The molecule has 0 aliphatic carbocycles. The zero-order chi connectivity index (χ0) is 17.5. The zero-order valence-corrected chi connectivity index (χ0v) is 17.7. The molecule has 1 N–H and O–H groups in total. The van der Waals surface area contributed by atoms with Crippen molar-refractivity contribution in [3.63, 3.8) is 0 Å². The fraction of sp³-hybridized carbons (Fsp3) is 0.400. The van der Waals surface area contributed by atoms with Crippen LogP contribution in [0.15, 0.2) is 53.7 Å². The normalized spacial score (nSPS) is 17.5. The highest BCUT2D eigenvalue weighted by Crippen LogP contribution is 2.24. The van der Waals surface area contributed by atoms with E-state index in [0.717, 1.165) is 37.7 Å². The number of benzene rings is 1. The second-order valence-electron chi connectivity index (χ2n) is 6.21. The van der Waals surface area contributed by atoms with Crippen LogP contribution in [0.2, 0.25) is 0 Å². The van der Waals surface area contributed by atoms with E-state index in [1.54, 1.807) is 0 Å². The molecule has 3 rings (SSSR count). The monoisotopic (exact) mass is 466 g/mol. The van der Waals surface area contributed by atoms with Crippen LogP contribution >= 0.6 is 24.0 Å². The lowest BCUT2D eigenvalue weighted by Crippen LogP contribution is -2.48. The van der Waals surface area contributed by atoms with Crippen molar-refractivity contribution < 1.29 is 4.74 Å². The second-order valence-corrected chi connectivity index (χ2v) is 6.21. The molecule has 1 aliphatic rings. The van der Waals surface area contributed by atoms with Crippen molar-refractivity contribution in [3.8, 4) is 0 Å². The van der Waals surface area contributed by atoms with Gasteiger partial charge in [0.15, 0.2) is 5.96 Å². The van der Waals surface area contributed by atoms with Gasteiger partial charge in [-0.2, -0.15) is 0 Å². The highest BCUT2D eigenvalue weighted by atomic mass is 127. The predicted octanol–water partition coefficient (Wildman–Crippen LogP) is 3.20. The Hall–Kier alpha value is -1.67. The fourth-order valence-corrected chi connectivity index (χ4v) is 3.16. The van der Waals surface area contributed by atoms with Gasteiger partial charge in [0, 0.05) is 38.4 Å². The first-order chi connectivity index (χ1) is 12.3. The number of pyridine rings is 1. The van der Waals surface area contributed by atoms with Crippen LogP contribution in [0.1, 0.15) is 22.9 Å². The Morgan fingerprint density at radius 2 is 2.08 bits per heavy atom. The van der Waals surface area contributed by atoms with E-state index in [1.807, 2.05) is 31.4 Å². The Labute approximate surface area is 172 Å². The number of nitrogens with zero attached hydrogens (tertiary/aromatic N) is 3. The molecule has 0 amide bonds. The molecule has 1 atom stereocenters. The van der Waals surface area contributed by atoms with Gasteiger partial charge in [0.2, 0.25) is 0 Å². The van der Waals surface area contributed by atoms with Gasteiger partial charge < -0.3 is 15.0 Å². The van der Waals surface area contributed by atoms with Crippen LogP contribution in [-0.4, -0.2) is 49.1 Å². The molecule has 0 radical (unpaired) electrons. The molecule has 1 aromatic heterocycles. The number of aliphatic imine (C=N–C) groups is 1. The van der Waals surface area contributed by atoms with E-state index in [9.17, 15) is 0 Å². The molecule has 0 bridgehead atoms. The fourth-order valence-electron chi connectivity index (χ4n) is 3.16. The van der Waals surface area contributed by atoms with Gasteiger partial charge in [0.25, 0.3) is 0 Å². The molecule has 1 saturated heterocycles. The molecule has 0 saturated carbocycles. The molecule has 1 fully saturated rings. The molecule has 2 aromatic rings. The van der Waals surface area contributed by atoms with Gasteiger partial charge in [0.1, 0.15) is 6.10 Å². The first kappa shape index (κ1) is 20.6. The topological polar surface area (TPSA) is 49.8 Å². The Morgan fingerprint density at radius 1 is 1.27 bits per heavy atom. The number of ether oxygens (including phenoxy) is 1. The van der Waals surface area contributed by atoms with Gasteiger partial charge in [-0.15, -0.1) is 24.0 Å². The largest absolute Gasteiger partial charge is 0.370 e. The standard InChI is InChI=1S/C20H26N4O.HI/c1-16-7-3-4-9-18(16)19-15-24(13-14-25-19)20(21-2)23-12-10-17-8-5-6-11-22-17;/h3-9,11,19H,10,12-15H2,1-2H3,(H,21,23);1H. The molecule has 140 valence electrons. The summed E-state index contributed by atoms with van der Waals surface area (Å²) in [6.45, 7) is 5.33. The van der Waals surface area contributed by atoms with Crippen molar-refractivity contribution in [2.45, 2.75) is 19.4 Å². The van der Waals surface area contributed by atoms with Crippen LogP contribution in [0.5, 0.6) is 0 Å². The molecule has 0 spiro atoms. The third-order valence-electron chi connectivity index (χ3n) is 4.50. The zero-order valence-electron chi connectivity index (χ0n) is 15.4. The van der Waals surface area contributed by atoms with Gasteiger partial charge >= 0.3 is 0 Å². The lowest BCUT2D eigenvalue weighted by molar-refractivity contribution is -0.00829. The number of hydrogen-bond donors (Lipinski definition) is 1. The molecule has 6 heteroatoms. The maximum atomic E-state index is 6.01. The van der Waals surface area contributed by atoms with Crippen LogP contribution in [0.25, 0.3) is 0 Å². The summed E-state index contributed by atoms with van der Waals surface area (Å²) in [7, 11) is 1.83. The number of nitrogens with one attached hydrogen (secondary N) is 1. The molecule has 1 aliphatic heterocycles. The summed E-state index contributed by atoms with van der Waals surface area (Å²) < 4.78 is 6.01. The van der Waals surface area contributed by atoms with Crippen molar-refractivity contribution >= 4 is 29.9 Å². The van der Waals surface area contributed by atoms with Gasteiger partial charge in [-0.3, -0.25) is 9.98 Å². The first-order valence-electron chi connectivity index (χ1n) is 8.80. The summed E-state index contributed by atoms with van der Waals surface area (Å²) in [5.74, 6) is 0.929. The van der Waals surface area contributed by atoms with E-state index in [-0.39, 0.29) is 30.1 Å². The highest BCUT2D eigenvalue weighted by molar-refractivity contribution is 14.0. The number of rotatable bonds is 4. The minimum atomic E-state index is 0. The Bertz CT molecular complexity index is 708. The van der Waals surface area contributed by atoms with Gasteiger partial charge in [-0.05, 0) is 30.2 Å². The summed E-state index contributed by atoms with van der Waals surface area (Å²) in [4.78, 5) is 11.1. The average Bonchev–Trinajstić information content (AvgIpc) is 2.66. The van der Waals surface area contributed by atoms with E-state index in [0.29, 0.717) is 6.61 Å². The van der Waals surface area contributed by atoms with Crippen molar-refractivity contribution in [1.82, 2.24) is 15.2 Å². The van der Waals surface area contributed by atoms with E-state index in [1.165, 1.54) is 11.1 Å². The molecule has 2 heterocycles. The molecule has 1 aromatic carbocycles. The highest BCUT2D eigenvalue weighted by Gasteiger charge is 2.24. The van der Waals surface area contributed by atoms with Crippen molar-refractivity contribution in [3.05, 3.63) is 65.5 Å². The number of morpholine rings is 1. The first-order valence-corrected chi connectivity index (χ1v) is 8.80. The van der Waals surface area contributed by atoms with Gasteiger partial charge in [-0.1, -0.05) is 30.3 Å². The number of halogens is 1. The molecular weight excluding hydrogens is 439 g/mol. The summed E-state index contributed by atoms with van der Waals surface area (Å²) >= 11 is 0. The maximum Gasteiger partial charge on any atom is 0.193 e. The molecule has 5 nitrogen and oxygen atoms in total. The van der Waals surface area contributed by atoms with Crippen LogP contribution in [0.3, 0.4) is 0 Å². The molecule has 1 unspecified atom stereocenters. The quantitative estimate of drug-likeness (QED) is 0.427. The predicted molar refractivity (Wildman–Crippen MR) is 116 cm³/mol. The number of guanidine groups is 1. The Balaban J connectivity index is 0.00000243. The Kier molecular flexibility index (Phi) is 8.31. The third-order valence-corrected chi connectivity index (χ3v) is 4.50. The van der Waals surface area contributed by atoms with Crippen molar-refractivity contribution in [1.29, 1.82) is 0 Å². The van der Waals surface area contributed by atoms with E-state index >= 15 is 0 Å². The summed E-state index contributed by atoms with van der Waals surface area (Å²) in [6.07, 6.45) is 2.80. The number of aromatic nitrogens is 1. The third kappa shape index (κ3) is 5.41. The minimum absolute atomic E-state index is 0. The lowest BCUT2D eigenvalue weighted by Gasteiger charge is -2.35. The van der Waals surface area contributed by atoms with Crippen molar-refractivity contribution in [2.24, 2.45) is 4.99 Å². The van der Waals surface area contributed by atoms with Gasteiger partial charge in [-0.25, -0.2) is 0 Å². The van der Waals surface area contributed by atoms with Crippen LogP contribution in [-0.2, 0) is 11.2 Å². The van der Waals surface area contributed by atoms with Gasteiger partial charge in [0.05, 0.1) is 13.2 Å². The van der Waals surface area contributed by atoms with Crippen LogP contribution in [0, 0.1) is 6.92 Å². The number of hydrogen-bond acceptors (Lipinski definition) is 3. The van der Waals surface area contributed by atoms with Crippen LogP contribution in [0.4, 0.5) is 0 Å². The summed E-state index contributed by atoms with van der Waals surface area (Å²) in [5, 5.41) is 3.45. The maximum absolute atomic E-state index is 6.01. The van der Waals surface area contributed by atoms with E-state index in [4.69, 9.17) is 4.74 Å². The lowest BCUT2D eigenvalue weighted by atomic mass is 10.0. The molecule has 26 heavy (non-hydrogen) atoms. The van der Waals surface area contributed by atoms with E-state index in [2.05, 4.69) is 51.4 Å². The summed E-state index contributed by atoms with van der Waals surface area (Å²) in [6, 6.07) is 14.4.